The number of nitrogens with zero attached hydrogens (tertiary/aromatic N) is 3. The molecule has 0 saturated heterocycles. The van der Waals surface area contributed by atoms with Crippen LogP contribution in [-0.4, -0.2) is 20.7 Å². The quantitative estimate of drug-likeness (QED) is 0.456. The van der Waals surface area contributed by atoms with Crippen molar-refractivity contribution >= 4 is 29.3 Å². The fraction of sp³-hybridized carbons (Fsp3) is 0.348. The summed E-state index contributed by atoms with van der Waals surface area (Å²) in [6.07, 6.45) is 0. The van der Waals surface area contributed by atoms with Crippen molar-refractivity contribution in [3.05, 3.63) is 76.1 Å². The van der Waals surface area contributed by atoms with Gasteiger partial charge in [-0.05, 0) is 49.6 Å². The summed E-state index contributed by atoms with van der Waals surface area (Å²) in [7, 11) is 0. The number of thioether (sulfide) groups is 1. The van der Waals surface area contributed by atoms with Crippen molar-refractivity contribution in [2.24, 2.45) is 5.92 Å². The number of amides is 1. The van der Waals surface area contributed by atoms with Gasteiger partial charge in [0.05, 0.1) is 6.04 Å². The summed E-state index contributed by atoms with van der Waals surface area (Å²) in [5.41, 5.74) is 2.94. The fourth-order valence-corrected chi connectivity index (χ4v) is 4.21. The van der Waals surface area contributed by atoms with Gasteiger partial charge in [0, 0.05) is 22.9 Å². The summed E-state index contributed by atoms with van der Waals surface area (Å²) in [6, 6.07) is 15.2. The van der Waals surface area contributed by atoms with Crippen molar-refractivity contribution < 1.29 is 4.79 Å². The van der Waals surface area contributed by atoms with Gasteiger partial charge in [-0.25, -0.2) is 0 Å². The number of hydrogen-bond acceptors (Lipinski definition) is 4. The van der Waals surface area contributed by atoms with Crippen LogP contribution in [0, 0.1) is 12.8 Å². The van der Waals surface area contributed by atoms with Crippen LogP contribution in [-0.2, 0) is 12.3 Å². The number of aromatic nitrogens is 3. The number of hydrogen-bond donors (Lipinski definition) is 1. The molecule has 0 bridgehead atoms. The maximum absolute atomic E-state index is 12.8. The molecule has 0 aliphatic heterocycles. The zero-order valence-electron chi connectivity index (χ0n) is 17.7. The predicted octanol–water partition coefficient (Wildman–Crippen LogP) is 5.68. The van der Waals surface area contributed by atoms with Crippen molar-refractivity contribution in [3.63, 3.8) is 0 Å². The van der Waals surface area contributed by atoms with Gasteiger partial charge in [-0.3, -0.25) is 4.79 Å². The minimum absolute atomic E-state index is 0.102. The molecule has 7 heteroatoms. The van der Waals surface area contributed by atoms with E-state index in [-0.39, 0.29) is 17.9 Å². The normalized spacial score (nSPS) is 12.2. The highest BCUT2D eigenvalue weighted by Gasteiger charge is 2.26. The van der Waals surface area contributed by atoms with Crippen LogP contribution in [0.25, 0.3) is 0 Å². The van der Waals surface area contributed by atoms with E-state index in [1.165, 1.54) is 5.56 Å². The molecule has 1 N–H and O–H groups in total. The van der Waals surface area contributed by atoms with E-state index in [2.05, 4.69) is 40.9 Å². The molecular formula is C23H27ClN4OS. The predicted molar refractivity (Wildman–Crippen MR) is 123 cm³/mol. The summed E-state index contributed by atoms with van der Waals surface area (Å²) in [5.74, 6) is 1.63. The molecule has 158 valence electrons. The molecule has 30 heavy (non-hydrogen) atoms. The highest BCUT2D eigenvalue weighted by Crippen LogP contribution is 2.27. The third-order valence-electron chi connectivity index (χ3n) is 4.89. The number of rotatable bonds is 8. The van der Waals surface area contributed by atoms with Gasteiger partial charge >= 0.3 is 0 Å². The molecule has 0 unspecified atom stereocenters. The van der Waals surface area contributed by atoms with Crippen molar-refractivity contribution in [1.82, 2.24) is 20.1 Å². The van der Waals surface area contributed by atoms with Gasteiger partial charge in [0.2, 0.25) is 0 Å². The van der Waals surface area contributed by atoms with Crippen LogP contribution in [0.1, 0.15) is 54.1 Å². The van der Waals surface area contributed by atoms with E-state index >= 15 is 0 Å². The summed E-state index contributed by atoms with van der Waals surface area (Å²) < 4.78 is 2.08. The first-order valence-electron chi connectivity index (χ1n) is 10.1. The standard InChI is InChI=1S/C23H27ClN4OS/c1-5-28-21(26-27-23(28)30-14-17-8-12-19(24)13-9-17)20(15(2)3)25-22(29)18-10-6-16(4)7-11-18/h6-13,15,20H,5,14H2,1-4H3,(H,25,29)/t20-/m1/s1. The lowest BCUT2D eigenvalue weighted by Crippen LogP contribution is -2.33. The van der Waals surface area contributed by atoms with E-state index in [1.54, 1.807) is 11.8 Å². The van der Waals surface area contributed by atoms with E-state index in [0.29, 0.717) is 5.56 Å². The third-order valence-corrected chi connectivity index (χ3v) is 6.18. The zero-order chi connectivity index (χ0) is 21.7. The zero-order valence-corrected chi connectivity index (χ0v) is 19.3. The summed E-state index contributed by atoms with van der Waals surface area (Å²) in [6.45, 7) is 8.96. The number of halogens is 1. The lowest BCUT2D eigenvalue weighted by molar-refractivity contribution is 0.0922. The smallest absolute Gasteiger partial charge is 0.251 e. The van der Waals surface area contributed by atoms with Crippen LogP contribution in [0.4, 0.5) is 0 Å². The molecule has 2 aromatic carbocycles. The number of benzene rings is 2. The van der Waals surface area contributed by atoms with E-state index < -0.39 is 0 Å². The molecule has 0 aliphatic carbocycles. The minimum Gasteiger partial charge on any atom is -0.342 e. The minimum atomic E-state index is -0.226. The van der Waals surface area contributed by atoms with Crippen LogP contribution in [0.2, 0.25) is 5.02 Å². The fourth-order valence-electron chi connectivity index (χ4n) is 3.12. The summed E-state index contributed by atoms with van der Waals surface area (Å²) >= 11 is 7.60. The van der Waals surface area contributed by atoms with E-state index in [4.69, 9.17) is 11.6 Å². The van der Waals surface area contributed by atoms with Gasteiger partial charge in [-0.2, -0.15) is 0 Å². The Balaban J connectivity index is 1.78. The maximum Gasteiger partial charge on any atom is 0.251 e. The number of nitrogens with one attached hydrogen (secondary N) is 1. The highest BCUT2D eigenvalue weighted by molar-refractivity contribution is 7.98. The molecule has 3 rings (SSSR count). The molecule has 0 spiro atoms. The number of carbonyl (C=O) groups is 1. The number of aryl methyl sites for hydroxylation is 1. The van der Waals surface area contributed by atoms with Crippen LogP contribution in [0.3, 0.4) is 0 Å². The maximum atomic E-state index is 12.8. The average molecular weight is 443 g/mol. The highest BCUT2D eigenvalue weighted by atomic mass is 35.5. The van der Waals surface area contributed by atoms with E-state index in [0.717, 1.165) is 33.9 Å². The third kappa shape index (κ3) is 5.43. The Morgan fingerprint density at radius 3 is 2.37 bits per heavy atom. The van der Waals surface area contributed by atoms with Gasteiger partial charge in [0.25, 0.3) is 5.91 Å². The Labute approximate surface area is 187 Å². The van der Waals surface area contributed by atoms with E-state index in [9.17, 15) is 4.79 Å². The summed E-state index contributed by atoms with van der Waals surface area (Å²) in [5, 5.41) is 13.6. The van der Waals surface area contributed by atoms with Gasteiger partial charge in [0.15, 0.2) is 11.0 Å². The second-order valence-electron chi connectivity index (χ2n) is 7.56. The van der Waals surface area contributed by atoms with Crippen LogP contribution in [0.15, 0.2) is 53.7 Å². The van der Waals surface area contributed by atoms with Crippen LogP contribution >= 0.6 is 23.4 Å². The van der Waals surface area contributed by atoms with Crippen molar-refractivity contribution in [3.8, 4) is 0 Å². The molecule has 0 aliphatic rings. The first kappa shape index (κ1) is 22.4. The molecule has 1 amide bonds. The second kappa shape index (κ2) is 10.1. The molecule has 1 atom stereocenters. The summed E-state index contributed by atoms with van der Waals surface area (Å²) in [4.78, 5) is 12.8. The lowest BCUT2D eigenvalue weighted by atomic mass is 10.0. The largest absolute Gasteiger partial charge is 0.342 e. The monoisotopic (exact) mass is 442 g/mol. The molecule has 0 saturated carbocycles. The van der Waals surface area contributed by atoms with Gasteiger partial charge in [0.1, 0.15) is 0 Å². The van der Waals surface area contributed by atoms with Crippen molar-refractivity contribution in [1.29, 1.82) is 0 Å². The van der Waals surface area contributed by atoms with Gasteiger partial charge < -0.3 is 9.88 Å². The second-order valence-corrected chi connectivity index (χ2v) is 8.94. The molecule has 1 heterocycles. The number of carbonyl (C=O) groups excluding carboxylic acids is 1. The van der Waals surface area contributed by atoms with Crippen molar-refractivity contribution in [2.75, 3.05) is 0 Å². The molecule has 0 radical (unpaired) electrons. The first-order valence-corrected chi connectivity index (χ1v) is 11.4. The molecule has 0 fully saturated rings. The van der Waals surface area contributed by atoms with E-state index in [1.807, 2.05) is 55.5 Å². The Morgan fingerprint density at radius 2 is 1.77 bits per heavy atom. The van der Waals surface area contributed by atoms with Gasteiger partial charge in [-0.15, -0.1) is 10.2 Å². The average Bonchev–Trinajstić information content (AvgIpc) is 3.14. The van der Waals surface area contributed by atoms with Crippen molar-refractivity contribution in [2.45, 2.75) is 51.2 Å². The SMILES string of the molecule is CCn1c(SCc2ccc(Cl)cc2)nnc1[C@H](NC(=O)c1ccc(C)cc1)C(C)C. The topological polar surface area (TPSA) is 59.8 Å². The molecule has 3 aromatic rings. The Hall–Kier alpha value is -2.31. The molecular weight excluding hydrogens is 416 g/mol. The Morgan fingerprint density at radius 1 is 1.10 bits per heavy atom. The first-order chi connectivity index (χ1) is 14.4. The van der Waals surface area contributed by atoms with Gasteiger partial charge in [-0.1, -0.05) is 67.0 Å². The van der Waals surface area contributed by atoms with Crippen LogP contribution in [0.5, 0.6) is 0 Å². The molecule has 1 aromatic heterocycles. The molecule has 5 nitrogen and oxygen atoms in total. The lowest BCUT2D eigenvalue weighted by Gasteiger charge is -2.22. The Bertz CT molecular complexity index is 983. The van der Waals surface area contributed by atoms with Crippen LogP contribution < -0.4 is 5.32 Å². The Kier molecular flexibility index (Phi) is 7.56.